The van der Waals surface area contributed by atoms with Crippen LogP contribution in [0.15, 0.2) is 83.8 Å². The van der Waals surface area contributed by atoms with Gasteiger partial charge in [-0.2, -0.15) is 0 Å². The molecule has 4 nitrogen and oxygen atoms in total. The van der Waals surface area contributed by atoms with Gasteiger partial charge in [-0.05, 0) is 23.8 Å². The molecule has 0 saturated carbocycles. The van der Waals surface area contributed by atoms with Crippen molar-refractivity contribution >= 4 is 63.4 Å². The van der Waals surface area contributed by atoms with Crippen LogP contribution in [0.25, 0.3) is 16.6 Å². The third-order valence-electron chi connectivity index (χ3n) is 4.91. The SMILES string of the molecule is O=C1/C(=C/c2ccccc2Cl)SC(c2ccccc2Cl)N1c1nnc(-c2ccccc2)s1. The first-order valence-electron chi connectivity index (χ1n) is 9.71. The molecule has 1 aromatic heterocycles. The summed E-state index contributed by atoms with van der Waals surface area (Å²) in [7, 11) is 0. The van der Waals surface area contributed by atoms with Gasteiger partial charge in [-0.25, -0.2) is 0 Å². The van der Waals surface area contributed by atoms with Crippen molar-refractivity contribution in [3.05, 3.63) is 105 Å². The number of carbonyl (C=O) groups excluding carboxylic acids is 1. The molecule has 1 atom stereocenters. The number of aromatic nitrogens is 2. The second kappa shape index (κ2) is 9.08. The highest BCUT2D eigenvalue weighted by molar-refractivity contribution is 8.05. The number of carbonyl (C=O) groups is 1. The minimum Gasteiger partial charge on any atom is -0.268 e. The van der Waals surface area contributed by atoms with Gasteiger partial charge in [0.1, 0.15) is 10.4 Å². The standard InChI is InChI=1S/C24H15Cl2N3OS2/c25-18-12-6-4-10-16(18)14-20-22(30)29(23(31-20)17-11-5-7-13-19(17)26)24-28-27-21(32-24)15-8-2-1-3-9-15/h1-14,23H/b20-14-. The van der Waals surface area contributed by atoms with Crippen molar-refractivity contribution in [2.75, 3.05) is 4.90 Å². The van der Waals surface area contributed by atoms with E-state index in [0.717, 1.165) is 21.7 Å². The zero-order chi connectivity index (χ0) is 22.1. The Balaban J connectivity index is 1.58. The summed E-state index contributed by atoms with van der Waals surface area (Å²) < 4.78 is 0. The third kappa shape index (κ3) is 4.07. The fourth-order valence-electron chi connectivity index (χ4n) is 3.35. The second-order valence-corrected chi connectivity index (χ2v) is 9.85. The molecule has 0 N–H and O–H groups in total. The molecular weight excluding hydrogens is 481 g/mol. The van der Waals surface area contributed by atoms with Crippen LogP contribution < -0.4 is 4.90 Å². The molecule has 0 aliphatic carbocycles. The van der Waals surface area contributed by atoms with Crippen LogP contribution in [0.5, 0.6) is 0 Å². The average Bonchev–Trinajstić information content (AvgIpc) is 3.41. The van der Waals surface area contributed by atoms with E-state index in [9.17, 15) is 4.79 Å². The fraction of sp³-hybridized carbons (Fsp3) is 0.0417. The van der Waals surface area contributed by atoms with Crippen molar-refractivity contribution in [2.45, 2.75) is 5.37 Å². The topological polar surface area (TPSA) is 46.1 Å². The summed E-state index contributed by atoms with van der Waals surface area (Å²) in [5.41, 5.74) is 2.58. The average molecular weight is 496 g/mol. The van der Waals surface area contributed by atoms with E-state index in [1.807, 2.05) is 78.9 Å². The summed E-state index contributed by atoms with van der Waals surface area (Å²) in [6, 6.07) is 24.8. The zero-order valence-electron chi connectivity index (χ0n) is 16.5. The van der Waals surface area contributed by atoms with E-state index in [1.165, 1.54) is 23.1 Å². The van der Waals surface area contributed by atoms with Crippen LogP contribution in [-0.2, 0) is 4.79 Å². The summed E-state index contributed by atoms with van der Waals surface area (Å²) in [5, 5.41) is 10.8. The maximum atomic E-state index is 13.6. The van der Waals surface area contributed by atoms with Crippen LogP contribution in [-0.4, -0.2) is 16.1 Å². The number of benzene rings is 3. The molecule has 5 rings (SSSR count). The van der Waals surface area contributed by atoms with E-state index in [2.05, 4.69) is 10.2 Å². The van der Waals surface area contributed by atoms with E-state index >= 15 is 0 Å². The van der Waals surface area contributed by atoms with Crippen molar-refractivity contribution in [2.24, 2.45) is 0 Å². The molecule has 0 spiro atoms. The number of thioether (sulfide) groups is 1. The minimum atomic E-state index is -0.360. The molecule has 8 heteroatoms. The van der Waals surface area contributed by atoms with Gasteiger partial charge in [0.05, 0.1) is 4.91 Å². The Morgan fingerprint density at radius 2 is 1.53 bits per heavy atom. The van der Waals surface area contributed by atoms with Crippen molar-refractivity contribution in [3.63, 3.8) is 0 Å². The quantitative estimate of drug-likeness (QED) is 0.278. The van der Waals surface area contributed by atoms with Gasteiger partial charge >= 0.3 is 0 Å². The highest BCUT2D eigenvalue weighted by atomic mass is 35.5. The molecule has 1 fully saturated rings. The number of anilines is 1. The van der Waals surface area contributed by atoms with Crippen molar-refractivity contribution in [1.29, 1.82) is 0 Å². The van der Waals surface area contributed by atoms with Gasteiger partial charge in [-0.3, -0.25) is 9.69 Å². The second-order valence-electron chi connectivity index (χ2n) is 6.95. The van der Waals surface area contributed by atoms with Crippen LogP contribution in [0, 0.1) is 0 Å². The fourth-order valence-corrected chi connectivity index (χ4v) is 6.06. The van der Waals surface area contributed by atoms with Gasteiger partial charge in [0.2, 0.25) is 5.13 Å². The molecule has 4 aromatic rings. The summed E-state index contributed by atoms with van der Waals surface area (Å²) in [6.45, 7) is 0. The lowest BCUT2D eigenvalue weighted by molar-refractivity contribution is -0.114. The molecule has 1 saturated heterocycles. The molecule has 0 radical (unpaired) electrons. The molecule has 1 aliphatic rings. The number of hydrogen-bond donors (Lipinski definition) is 0. The van der Waals surface area contributed by atoms with Crippen LogP contribution in [0.3, 0.4) is 0 Å². The highest BCUT2D eigenvalue weighted by Gasteiger charge is 2.41. The Labute approximate surface area is 203 Å². The molecule has 2 heterocycles. The maximum absolute atomic E-state index is 13.6. The predicted molar refractivity (Wildman–Crippen MR) is 134 cm³/mol. The number of amides is 1. The zero-order valence-corrected chi connectivity index (χ0v) is 19.6. The highest BCUT2D eigenvalue weighted by Crippen LogP contribution is 2.51. The van der Waals surface area contributed by atoms with Crippen molar-refractivity contribution in [3.8, 4) is 10.6 Å². The summed E-state index contributed by atoms with van der Waals surface area (Å²) in [6.07, 6.45) is 1.82. The largest absolute Gasteiger partial charge is 0.268 e. The van der Waals surface area contributed by atoms with Gasteiger partial charge < -0.3 is 0 Å². The van der Waals surface area contributed by atoms with Crippen LogP contribution in [0.4, 0.5) is 5.13 Å². The Hall–Kier alpha value is -2.64. The first-order chi connectivity index (χ1) is 15.6. The van der Waals surface area contributed by atoms with E-state index in [4.69, 9.17) is 23.2 Å². The van der Waals surface area contributed by atoms with E-state index in [-0.39, 0.29) is 11.3 Å². The lowest BCUT2D eigenvalue weighted by Gasteiger charge is -2.21. The number of nitrogens with zero attached hydrogens (tertiary/aromatic N) is 3. The Bertz CT molecular complexity index is 1320. The monoisotopic (exact) mass is 495 g/mol. The van der Waals surface area contributed by atoms with Gasteiger partial charge in [-0.15, -0.1) is 10.2 Å². The molecular formula is C24H15Cl2N3OS2. The lowest BCUT2D eigenvalue weighted by atomic mass is 10.2. The Morgan fingerprint density at radius 1 is 0.844 bits per heavy atom. The summed E-state index contributed by atoms with van der Waals surface area (Å²) >= 11 is 15.7. The van der Waals surface area contributed by atoms with Crippen LogP contribution >= 0.6 is 46.3 Å². The van der Waals surface area contributed by atoms with Crippen molar-refractivity contribution < 1.29 is 4.79 Å². The van der Waals surface area contributed by atoms with E-state index < -0.39 is 0 Å². The Kier molecular flexibility index (Phi) is 6.02. The number of rotatable bonds is 4. The molecule has 3 aromatic carbocycles. The maximum Gasteiger partial charge on any atom is 0.267 e. The molecule has 158 valence electrons. The van der Waals surface area contributed by atoms with Crippen LogP contribution in [0.1, 0.15) is 16.5 Å². The van der Waals surface area contributed by atoms with Crippen molar-refractivity contribution in [1.82, 2.24) is 10.2 Å². The predicted octanol–water partition coefficient (Wildman–Crippen LogP) is 7.33. The van der Waals surface area contributed by atoms with Gasteiger partial charge in [0, 0.05) is 21.2 Å². The summed E-state index contributed by atoms with van der Waals surface area (Å²) in [4.78, 5) is 15.8. The normalized spacial score (nSPS) is 17.3. The van der Waals surface area contributed by atoms with E-state index in [1.54, 1.807) is 11.0 Å². The number of hydrogen-bond acceptors (Lipinski definition) is 5. The first kappa shape index (κ1) is 21.2. The molecule has 32 heavy (non-hydrogen) atoms. The first-order valence-corrected chi connectivity index (χ1v) is 12.2. The van der Waals surface area contributed by atoms with Gasteiger partial charge in [0.15, 0.2) is 0 Å². The molecule has 0 bridgehead atoms. The molecule has 1 amide bonds. The van der Waals surface area contributed by atoms with Gasteiger partial charge in [0.25, 0.3) is 5.91 Å². The van der Waals surface area contributed by atoms with Gasteiger partial charge in [-0.1, -0.05) is 113 Å². The van der Waals surface area contributed by atoms with E-state index in [0.29, 0.717) is 20.1 Å². The Morgan fingerprint density at radius 3 is 2.28 bits per heavy atom. The van der Waals surface area contributed by atoms with Crippen LogP contribution in [0.2, 0.25) is 10.0 Å². The third-order valence-corrected chi connectivity index (χ3v) is 7.80. The number of halogens is 2. The molecule has 1 aliphatic heterocycles. The lowest BCUT2D eigenvalue weighted by Crippen LogP contribution is -2.27. The minimum absolute atomic E-state index is 0.157. The summed E-state index contributed by atoms with van der Waals surface area (Å²) in [5.74, 6) is -0.157. The smallest absolute Gasteiger partial charge is 0.267 e. The molecule has 1 unspecified atom stereocenters.